The maximum absolute atomic E-state index is 12.0. The summed E-state index contributed by atoms with van der Waals surface area (Å²) >= 11 is 4.94. The van der Waals surface area contributed by atoms with Gasteiger partial charge in [-0.1, -0.05) is 6.92 Å². The maximum atomic E-state index is 12.0. The van der Waals surface area contributed by atoms with E-state index in [-0.39, 0.29) is 18.4 Å². The monoisotopic (exact) mass is 344 g/mol. The van der Waals surface area contributed by atoms with Crippen LogP contribution in [-0.4, -0.2) is 36.9 Å². The van der Waals surface area contributed by atoms with E-state index in [0.717, 1.165) is 15.8 Å². The summed E-state index contributed by atoms with van der Waals surface area (Å²) in [6.45, 7) is 2.65. The van der Waals surface area contributed by atoms with Crippen molar-refractivity contribution < 1.29 is 9.59 Å². The Morgan fingerprint density at radius 1 is 1.53 bits per heavy atom. The van der Waals surface area contributed by atoms with E-state index in [4.69, 9.17) is 0 Å². The zero-order valence-electron chi connectivity index (χ0n) is 11.0. The number of carbonyl (C=O) groups excluding carboxylic acids is 2. The molecule has 104 valence electrons. The zero-order valence-corrected chi connectivity index (χ0v) is 13.4. The van der Waals surface area contributed by atoms with Crippen LogP contribution in [0.3, 0.4) is 0 Å². The Balaban J connectivity index is 2.65. The first-order valence-electron chi connectivity index (χ1n) is 5.98. The number of thiophene rings is 1. The number of carbonyl (C=O) groups is 2. The van der Waals surface area contributed by atoms with Crippen molar-refractivity contribution in [2.75, 3.05) is 20.1 Å². The van der Waals surface area contributed by atoms with Gasteiger partial charge in [0.05, 0.1) is 10.3 Å². The average Bonchev–Trinajstić information content (AvgIpc) is 2.81. The summed E-state index contributed by atoms with van der Waals surface area (Å²) in [4.78, 5) is 24.9. The SMILES string of the molecule is CCCN(CC(=O)NC)C(=O)C=Cc1csc(Br)c1. The Morgan fingerprint density at radius 3 is 2.79 bits per heavy atom. The molecule has 19 heavy (non-hydrogen) atoms. The van der Waals surface area contributed by atoms with Gasteiger partial charge in [-0.2, -0.15) is 0 Å². The van der Waals surface area contributed by atoms with Gasteiger partial charge >= 0.3 is 0 Å². The molecule has 0 aromatic carbocycles. The first kappa shape index (κ1) is 15.9. The van der Waals surface area contributed by atoms with Crippen LogP contribution in [0.4, 0.5) is 0 Å². The number of hydrogen-bond donors (Lipinski definition) is 1. The minimum Gasteiger partial charge on any atom is -0.358 e. The molecule has 0 bridgehead atoms. The molecule has 0 aliphatic rings. The Kier molecular flexibility index (Phi) is 6.80. The number of likely N-dealkylation sites (N-methyl/N-ethyl adjacent to an activating group) is 1. The van der Waals surface area contributed by atoms with Gasteiger partial charge in [0.1, 0.15) is 0 Å². The van der Waals surface area contributed by atoms with Gasteiger partial charge in [0.15, 0.2) is 0 Å². The molecule has 6 heteroatoms. The molecule has 0 aliphatic carbocycles. The molecule has 1 aromatic rings. The topological polar surface area (TPSA) is 49.4 Å². The quantitative estimate of drug-likeness (QED) is 0.806. The Hall–Kier alpha value is -1.14. The lowest BCUT2D eigenvalue weighted by Crippen LogP contribution is -2.39. The predicted molar refractivity (Wildman–Crippen MR) is 82.0 cm³/mol. The largest absolute Gasteiger partial charge is 0.358 e. The van der Waals surface area contributed by atoms with Crippen molar-refractivity contribution in [2.45, 2.75) is 13.3 Å². The van der Waals surface area contributed by atoms with E-state index in [1.165, 1.54) is 11.0 Å². The molecular formula is C13H17BrN2O2S. The molecule has 1 N–H and O–H groups in total. The number of nitrogens with zero attached hydrogens (tertiary/aromatic N) is 1. The van der Waals surface area contributed by atoms with Crippen molar-refractivity contribution in [2.24, 2.45) is 0 Å². The second-order valence-electron chi connectivity index (χ2n) is 3.95. The third-order valence-electron chi connectivity index (χ3n) is 2.42. The molecule has 1 aromatic heterocycles. The van der Waals surface area contributed by atoms with Crippen LogP contribution < -0.4 is 5.32 Å². The third-order valence-corrected chi connectivity index (χ3v) is 3.95. The van der Waals surface area contributed by atoms with Crippen LogP contribution in [0, 0.1) is 0 Å². The van der Waals surface area contributed by atoms with Crippen LogP contribution in [0.2, 0.25) is 0 Å². The lowest BCUT2D eigenvalue weighted by molar-refractivity contribution is -0.132. The fourth-order valence-corrected chi connectivity index (χ4v) is 2.62. The zero-order chi connectivity index (χ0) is 14.3. The summed E-state index contributed by atoms with van der Waals surface area (Å²) < 4.78 is 1.02. The summed E-state index contributed by atoms with van der Waals surface area (Å²) in [6, 6.07) is 1.94. The van der Waals surface area contributed by atoms with Gasteiger partial charge in [-0.3, -0.25) is 9.59 Å². The molecule has 1 heterocycles. The summed E-state index contributed by atoms with van der Waals surface area (Å²) in [5.41, 5.74) is 0.974. The highest BCUT2D eigenvalue weighted by atomic mass is 79.9. The van der Waals surface area contributed by atoms with Crippen molar-refractivity contribution >= 4 is 45.2 Å². The van der Waals surface area contributed by atoms with E-state index in [9.17, 15) is 9.59 Å². The van der Waals surface area contributed by atoms with Crippen molar-refractivity contribution in [1.82, 2.24) is 10.2 Å². The Labute approximate surface area is 125 Å². The standard InChI is InChI=1S/C13H17BrN2O2S/c1-3-6-16(8-12(17)15-2)13(18)5-4-10-7-11(14)19-9-10/h4-5,7,9H,3,6,8H2,1-2H3,(H,15,17). The van der Waals surface area contributed by atoms with Crippen molar-refractivity contribution in [1.29, 1.82) is 0 Å². The van der Waals surface area contributed by atoms with Crippen molar-refractivity contribution in [3.8, 4) is 0 Å². The number of amides is 2. The smallest absolute Gasteiger partial charge is 0.247 e. The minimum atomic E-state index is -0.159. The second-order valence-corrected chi connectivity index (χ2v) is 6.24. The second kappa shape index (κ2) is 8.12. The number of halogens is 1. The first-order valence-corrected chi connectivity index (χ1v) is 7.65. The van der Waals surface area contributed by atoms with Crippen LogP contribution in [0.5, 0.6) is 0 Å². The summed E-state index contributed by atoms with van der Waals surface area (Å²) in [5.74, 6) is -0.304. The number of nitrogens with one attached hydrogen (secondary N) is 1. The molecule has 0 aliphatic heterocycles. The molecule has 0 unspecified atom stereocenters. The lowest BCUT2D eigenvalue weighted by Gasteiger charge is -2.19. The molecule has 0 saturated heterocycles. The van der Waals surface area contributed by atoms with Gasteiger partial charge in [0.2, 0.25) is 11.8 Å². The predicted octanol–water partition coefficient (Wildman–Crippen LogP) is 2.51. The maximum Gasteiger partial charge on any atom is 0.247 e. The van der Waals surface area contributed by atoms with Crippen LogP contribution in [0.25, 0.3) is 6.08 Å². The average molecular weight is 345 g/mol. The van der Waals surface area contributed by atoms with Crippen LogP contribution >= 0.6 is 27.3 Å². The molecule has 4 nitrogen and oxygen atoms in total. The van der Waals surface area contributed by atoms with Crippen LogP contribution in [0.1, 0.15) is 18.9 Å². The first-order chi connectivity index (χ1) is 9.06. The Morgan fingerprint density at radius 2 is 2.26 bits per heavy atom. The number of rotatable bonds is 6. The molecule has 0 radical (unpaired) electrons. The number of hydrogen-bond acceptors (Lipinski definition) is 3. The van der Waals surface area contributed by atoms with E-state index in [0.29, 0.717) is 6.54 Å². The highest BCUT2D eigenvalue weighted by Crippen LogP contribution is 2.21. The van der Waals surface area contributed by atoms with Crippen LogP contribution in [0.15, 0.2) is 21.3 Å². The Bertz CT molecular complexity index is 471. The molecule has 0 fully saturated rings. The summed E-state index contributed by atoms with van der Waals surface area (Å²) in [6.07, 6.45) is 4.09. The normalized spacial score (nSPS) is 10.7. The van der Waals surface area contributed by atoms with E-state index in [2.05, 4.69) is 21.2 Å². The lowest BCUT2D eigenvalue weighted by atomic mass is 10.3. The van der Waals surface area contributed by atoms with Gasteiger partial charge < -0.3 is 10.2 Å². The van der Waals surface area contributed by atoms with E-state index >= 15 is 0 Å². The third kappa shape index (κ3) is 5.57. The van der Waals surface area contributed by atoms with E-state index < -0.39 is 0 Å². The van der Waals surface area contributed by atoms with E-state index in [1.807, 2.05) is 18.4 Å². The summed E-state index contributed by atoms with van der Waals surface area (Å²) in [5, 5.41) is 4.48. The molecule has 1 rings (SSSR count). The highest BCUT2D eigenvalue weighted by Gasteiger charge is 2.13. The molecule has 2 amide bonds. The van der Waals surface area contributed by atoms with Gasteiger partial charge in [-0.05, 0) is 45.4 Å². The fraction of sp³-hybridized carbons (Fsp3) is 0.385. The fourth-order valence-electron chi connectivity index (χ4n) is 1.47. The molecule has 0 spiro atoms. The van der Waals surface area contributed by atoms with Gasteiger partial charge in [0.25, 0.3) is 0 Å². The minimum absolute atomic E-state index is 0.0981. The molecular weight excluding hydrogens is 328 g/mol. The molecule has 0 atom stereocenters. The van der Waals surface area contributed by atoms with Gasteiger partial charge in [-0.15, -0.1) is 11.3 Å². The van der Waals surface area contributed by atoms with Crippen LogP contribution in [-0.2, 0) is 9.59 Å². The van der Waals surface area contributed by atoms with Crippen molar-refractivity contribution in [3.05, 3.63) is 26.9 Å². The van der Waals surface area contributed by atoms with Crippen molar-refractivity contribution in [3.63, 3.8) is 0 Å². The van der Waals surface area contributed by atoms with Gasteiger partial charge in [0, 0.05) is 19.7 Å². The summed E-state index contributed by atoms with van der Waals surface area (Å²) in [7, 11) is 1.57. The van der Waals surface area contributed by atoms with Gasteiger partial charge in [-0.25, -0.2) is 0 Å². The van der Waals surface area contributed by atoms with E-state index in [1.54, 1.807) is 24.5 Å². The highest BCUT2D eigenvalue weighted by molar-refractivity contribution is 9.11. The molecule has 0 saturated carbocycles.